The van der Waals surface area contributed by atoms with Crippen molar-refractivity contribution < 1.29 is 9.53 Å². The summed E-state index contributed by atoms with van der Waals surface area (Å²) in [5, 5.41) is 6.57. The number of benzene rings is 2. The molecule has 24 heavy (non-hydrogen) atoms. The first-order chi connectivity index (χ1) is 11.5. The molecule has 2 N–H and O–H groups in total. The van der Waals surface area contributed by atoms with Crippen molar-refractivity contribution in [3.05, 3.63) is 58.1 Å². The van der Waals surface area contributed by atoms with Crippen LogP contribution in [0.5, 0.6) is 5.75 Å². The first kappa shape index (κ1) is 18.6. The van der Waals surface area contributed by atoms with Gasteiger partial charge in [-0.25, -0.2) is 0 Å². The molecule has 2 aromatic carbocycles. The number of halogens is 2. The Morgan fingerprint density at radius 3 is 2.50 bits per heavy atom. The van der Waals surface area contributed by atoms with E-state index in [0.29, 0.717) is 22.3 Å². The van der Waals surface area contributed by atoms with Gasteiger partial charge in [0.15, 0.2) is 0 Å². The molecular weight excluding hydrogens is 347 g/mol. The molecule has 0 aromatic heterocycles. The Morgan fingerprint density at radius 2 is 1.83 bits per heavy atom. The molecule has 0 radical (unpaired) electrons. The number of rotatable bonds is 7. The highest BCUT2D eigenvalue weighted by molar-refractivity contribution is 6.43. The Balaban J connectivity index is 1.79. The summed E-state index contributed by atoms with van der Waals surface area (Å²) in [6.45, 7) is 4.73. The van der Waals surface area contributed by atoms with Gasteiger partial charge in [-0.2, -0.15) is 0 Å². The summed E-state index contributed by atoms with van der Waals surface area (Å²) >= 11 is 12.0. The van der Waals surface area contributed by atoms with Crippen molar-refractivity contribution in [3.8, 4) is 5.75 Å². The summed E-state index contributed by atoms with van der Waals surface area (Å²) in [4.78, 5) is 11.9. The predicted octanol–water partition coefficient (Wildman–Crippen LogP) is 4.51. The van der Waals surface area contributed by atoms with E-state index in [1.54, 1.807) is 18.2 Å². The maximum Gasteiger partial charge on any atom is 0.238 e. The smallest absolute Gasteiger partial charge is 0.238 e. The molecule has 128 valence electrons. The fraction of sp³-hybridized carbons (Fsp3) is 0.278. The Labute approximate surface area is 152 Å². The van der Waals surface area contributed by atoms with Crippen molar-refractivity contribution in [2.45, 2.75) is 26.5 Å². The molecule has 0 unspecified atom stereocenters. The van der Waals surface area contributed by atoms with Crippen LogP contribution < -0.4 is 15.4 Å². The van der Waals surface area contributed by atoms with Gasteiger partial charge in [-0.3, -0.25) is 4.79 Å². The Hall–Kier alpha value is -1.75. The SMILES string of the molecule is CC(C)Oc1ccc(CNCC(=O)Nc2cccc(Cl)c2Cl)cc1. The highest BCUT2D eigenvalue weighted by Crippen LogP contribution is 2.29. The summed E-state index contributed by atoms with van der Waals surface area (Å²) in [6.07, 6.45) is 0.149. The van der Waals surface area contributed by atoms with Crippen LogP contribution in [0.4, 0.5) is 5.69 Å². The molecule has 0 bridgehead atoms. The molecule has 0 fully saturated rings. The van der Waals surface area contributed by atoms with Crippen LogP contribution in [0, 0.1) is 0 Å². The van der Waals surface area contributed by atoms with Gasteiger partial charge >= 0.3 is 0 Å². The lowest BCUT2D eigenvalue weighted by Crippen LogP contribution is -2.27. The normalized spacial score (nSPS) is 10.7. The average Bonchev–Trinajstić information content (AvgIpc) is 2.53. The second-order valence-electron chi connectivity index (χ2n) is 5.56. The minimum atomic E-state index is -0.182. The molecule has 0 spiro atoms. The van der Waals surface area contributed by atoms with E-state index < -0.39 is 0 Å². The summed E-state index contributed by atoms with van der Waals surface area (Å²) in [7, 11) is 0. The number of anilines is 1. The third-order valence-corrected chi connectivity index (χ3v) is 3.95. The van der Waals surface area contributed by atoms with Crippen molar-refractivity contribution in [2.24, 2.45) is 0 Å². The highest BCUT2D eigenvalue weighted by Gasteiger charge is 2.08. The number of ether oxygens (including phenoxy) is 1. The lowest BCUT2D eigenvalue weighted by Gasteiger charge is -2.11. The third-order valence-electron chi connectivity index (χ3n) is 3.14. The van der Waals surface area contributed by atoms with E-state index >= 15 is 0 Å². The van der Waals surface area contributed by atoms with Crippen molar-refractivity contribution >= 4 is 34.8 Å². The van der Waals surface area contributed by atoms with E-state index in [0.717, 1.165) is 11.3 Å². The molecule has 0 aliphatic carbocycles. The molecule has 2 aromatic rings. The first-order valence-corrected chi connectivity index (χ1v) is 8.41. The summed E-state index contributed by atoms with van der Waals surface area (Å²) < 4.78 is 5.59. The molecule has 0 heterocycles. The zero-order chi connectivity index (χ0) is 17.5. The van der Waals surface area contributed by atoms with Gasteiger partial charge in [0.2, 0.25) is 5.91 Å². The largest absolute Gasteiger partial charge is 0.491 e. The van der Waals surface area contributed by atoms with Gasteiger partial charge in [-0.1, -0.05) is 41.4 Å². The van der Waals surface area contributed by atoms with E-state index in [1.807, 2.05) is 38.1 Å². The summed E-state index contributed by atoms with van der Waals surface area (Å²) in [5.41, 5.74) is 1.57. The molecule has 0 saturated heterocycles. The van der Waals surface area contributed by atoms with Gasteiger partial charge in [-0.05, 0) is 43.7 Å². The summed E-state index contributed by atoms with van der Waals surface area (Å²) in [6, 6.07) is 12.9. The molecule has 6 heteroatoms. The van der Waals surface area contributed by atoms with Crippen LogP contribution >= 0.6 is 23.2 Å². The first-order valence-electron chi connectivity index (χ1n) is 7.66. The number of amides is 1. The monoisotopic (exact) mass is 366 g/mol. The van der Waals surface area contributed by atoms with Gasteiger partial charge < -0.3 is 15.4 Å². The van der Waals surface area contributed by atoms with Crippen LogP contribution in [0.2, 0.25) is 10.0 Å². The second kappa shape index (κ2) is 8.92. The van der Waals surface area contributed by atoms with Crippen LogP contribution in [-0.4, -0.2) is 18.6 Å². The van der Waals surface area contributed by atoms with E-state index in [1.165, 1.54) is 0 Å². The van der Waals surface area contributed by atoms with Crippen LogP contribution in [0.3, 0.4) is 0 Å². The average molecular weight is 367 g/mol. The van der Waals surface area contributed by atoms with Crippen molar-refractivity contribution in [2.75, 3.05) is 11.9 Å². The molecule has 0 aliphatic heterocycles. The van der Waals surface area contributed by atoms with E-state index in [4.69, 9.17) is 27.9 Å². The van der Waals surface area contributed by atoms with E-state index in [9.17, 15) is 4.79 Å². The second-order valence-corrected chi connectivity index (χ2v) is 6.35. The van der Waals surface area contributed by atoms with Gasteiger partial charge in [-0.15, -0.1) is 0 Å². The maximum atomic E-state index is 11.9. The molecule has 0 aliphatic rings. The number of hydrogen-bond acceptors (Lipinski definition) is 3. The maximum absolute atomic E-state index is 11.9. The third kappa shape index (κ3) is 5.71. The molecule has 1 amide bonds. The fourth-order valence-corrected chi connectivity index (χ4v) is 2.42. The number of carbonyl (C=O) groups excluding carboxylic acids is 1. The van der Waals surface area contributed by atoms with Gasteiger partial charge in [0.05, 0.1) is 28.4 Å². The highest BCUT2D eigenvalue weighted by atomic mass is 35.5. The number of nitrogens with one attached hydrogen (secondary N) is 2. The molecule has 0 saturated carbocycles. The topological polar surface area (TPSA) is 50.4 Å². The quantitative estimate of drug-likeness (QED) is 0.757. The van der Waals surface area contributed by atoms with E-state index in [2.05, 4.69) is 10.6 Å². The van der Waals surface area contributed by atoms with Crippen LogP contribution in [0.1, 0.15) is 19.4 Å². The molecule has 2 rings (SSSR count). The summed E-state index contributed by atoms with van der Waals surface area (Å²) in [5.74, 6) is 0.654. The van der Waals surface area contributed by atoms with Crippen LogP contribution in [-0.2, 0) is 11.3 Å². The molecule has 0 atom stereocenters. The minimum Gasteiger partial charge on any atom is -0.491 e. The van der Waals surface area contributed by atoms with Gasteiger partial charge in [0, 0.05) is 6.54 Å². The number of hydrogen-bond donors (Lipinski definition) is 2. The Bertz CT molecular complexity index is 688. The lowest BCUT2D eigenvalue weighted by atomic mass is 10.2. The van der Waals surface area contributed by atoms with E-state index in [-0.39, 0.29) is 18.6 Å². The van der Waals surface area contributed by atoms with Crippen molar-refractivity contribution in [1.29, 1.82) is 0 Å². The fourth-order valence-electron chi connectivity index (χ4n) is 2.07. The molecular formula is C18H20Cl2N2O2. The zero-order valence-corrected chi connectivity index (χ0v) is 15.1. The Morgan fingerprint density at radius 1 is 1.12 bits per heavy atom. The van der Waals surface area contributed by atoms with Gasteiger partial charge in [0.25, 0.3) is 0 Å². The minimum absolute atomic E-state index is 0.149. The van der Waals surface area contributed by atoms with Crippen molar-refractivity contribution in [1.82, 2.24) is 5.32 Å². The van der Waals surface area contributed by atoms with Crippen LogP contribution in [0.15, 0.2) is 42.5 Å². The van der Waals surface area contributed by atoms with Crippen molar-refractivity contribution in [3.63, 3.8) is 0 Å². The number of carbonyl (C=O) groups is 1. The Kier molecular flexibility index (Phi) is 6.91. The van der Waals surface area contributed by atoms with Crippen LogP contribution in [0.25, 0.3) is 0 Å². The predicted molar refractivity (Wildman–Crippen MR) is 99.0 cm³/mol. The zero-order valence-electron chi connectivity index (χ0n) is 13.6. The molecule has 4 nitrogen and oxygen atoms in total. The van der Waals surface area contributed by atoms with Gasteiger partial charge in [0.1, 0.15) is 5.75 Å². The lowest BCUT2D eigenvalue weighted by molar-refractivity contribution is -0.115. The standard InChI is InChI=1S/C18H20Cl2N2O2/c1-12(2)24-14-8-6-13(7-9-14)10-21-11-17(23)22-16-5-3-4-15(19)18(16)20/h3-9,12,21H,10-11H2,1-2H3,(H,22,23).